The second-order valence-corrected chi connectivity index (χ2v) is 6.80. The summed E-state index contributed by atoms with van der Waals surface area (Å²) in [5.74, 6) is 0. The van der Waals surface area contributed by atoms with Gasteiger partial charge in [0, 0.05) is 9.90 Å². The first kappa shape index (κ1) is 12.4. The minimum Gasteiger partial charge on any atom is -0.131 e. The Kier molecular flexibility index (Phi) is 3.96. The SMILES string of the molecule is Cc1cc(C(Cl)c2cccc(Cl)c2)sc1Br. The van der Waals surface area contributed by atoms with Crippen molar-refractivity contribution in [3.05, 3.63) is 55.1 Å². The van der Waals surface area contributed by atoms with Crippen molar-refractivity contribution < 1.29 is 0 Å². The van der Waals surface area contributed by atoms with Crippen LogP contribution in [0.25, 0.3) is 0 Å². The Labute approximate surface area is 117 Å². The van der Waals surface area contributed by atoms with Crippen LogP contribution in [0.1, 0.15) is 21.4 Å². The summed E-state index contributed by atoms with van der Waals surface area (Å²) in [4.78, 5) is 1.13. The van der Waals surface area contributed by atoms with Crippen LogP contribution >= 0.6 is 50.5 Å². The minimum atomic E-state index is -0.131. The van der Waals surface area contributed by atoms with Gasteiger partial charge in [-0.3, -0.25) is 0 Å². The number of thiophene rings is 1. The number of hydrogen-bond donors (Lipinski definition) is 0. The van der Waals surface area contributed by atoms with E-state index in [0.29, 0.717) is 0 Å². The van der Waals surface area contributed by atoms with E-state index in [1.807, 2.05) is 24.3 Å². The van der Waals surface area contributed by atoms with Gasteiger partial charge in [0.15, 0.2) is 0 Å². The van der Waals surface area contributed by atoms with E-state index in [-0.39, 0.29) is 5.38 Å². The van der Waals surface area contributed by atoms with E-state index in [0.717, 1.165) is 19.2 Å². The molecule has 0 aliphatic rings. The number of benzene rings is 1. The van der Waals surface area contributed by atoms with Crippen molar-refractivity contribution >= 4 is 50.5 Å². The van der Waals surface area contributed by atoms with Gasteiger partial charge in [-0.1, -0.05) is 23.7 Å². The van der Waals surface area contributed by atoms with Crippen LogP contribution in [0.3, 0.4) is 0 Å². The molecule has 0 bridgehead atoms. The Morgan fingerprint density at radius 3 is 2.62 bits per heavy atom. The van der Waals surface area contributed by atoms with Gasteiger partial charge < -0.3 is 0 Å². The van der Waals surface area contributed by atoms with Gasteiger partial charge in [-0.15, -0.1) is 22.9 Å². The Morgan fingerprint density at radius 1 is 1.31 bits per heavy atom. The van der Waals surface area contributed by atoms with Crippen molar-refractivity contribution in [1.29, 1.82) is 0 Å². The minimum absolute atomic E-state index is 0.131. The molecule has 0 nitrogen and oxygen atoms in total. The lowest BCUT2D eigenvalue weighted by molar-refractivity contribution is 1.18. The molecular weight excluding hydrogens is 327 g/mol. The highest BCUT2D eigenvalue weighted by molar-refractivity contribution is 9.11. The summed E-state index contributed by atoms with van der Waals surface area (Å²) in [5.41, 5.74) is 2.25. The van der Waals surface area contributed by atoms with E-state index >= 15 is 0 Å². The summed E-state index contributed by atoms with van der Waals surface area (Å²) in [6, 6.07) is 9.77. The first-order chi connectivity index (χ1) is 7.58. The fourth-order valence-electron chi connectivity index (χ4n) is 1.44. The Balaban J connectivity index is 2.35. The Morgan fingerprint density at radius 2 is 2.06 bits per heavy atom. The lowest BCUT2D eigenvalue weighted by Gasteiger charge is -2.07. The van der Waals surface area contributed by atoms with Crippen LogP contribution in [0.2, 0.25) is 5.02 Å². The standard InChI is InChI=1S/C12H9BrCl2S/c1-7-5-10(16-12(7)13)11(15)8-3-2-4-9(14)6-8/h2-6,11H,1H3. The van der Waals surface area contributed by atoms with Crippen molar-refractivity contribution in [1.82, 2.24) is 0 Å². The van der Waals surface area contributed by atoms with Crippen LogP contribution in [-0.2, 0) is 0 Å². The average molecular weight is 336 g/mol. The predicted molar refractivity (Wildman–Crippen MR) is 75.9 cm³/mol. The molecule has 2 aromatic rings. The molecule has 0 fully saturated rings. The van der Waals surface area contributed by atoms with Gasteiger partial charge in [0.25, 0.3) is 0 Å². The van der Waals surface area contributed by atoms with Crippen molar-refractivity contribution in [3.8, 4) is 0 Å². The molecule has 16 heavy (non-hydrogen) atoms. The normalized spacial score (nSPS) is 12.8. The molecule has 1 aromatic carbocycles. The highest BCUT2D eigenvalue weighted by Gasteiger charge is 2.14. The molecule has 1 heterocycles. The van der Waals surface area contributed by atoms with Gasteiger partial charge >= 0.3 is 0 Å². The zero-order valence-corrected chi connectivity index (χ0v) is 12.4. The maximum Gasteiger partial charge on any atom is 0.0928 e. The average Bonchev–Trinajstić information content (AvgIpc) is 2.58. The molecule has 1 aromatic heterocycles. The van der Waals surface area contributed by atoms with Crippen LogP contribution < -0.4 is 0 Å². The monoisotopic (exact) mass is 334 g/mol. The summed E-state index contributed by atoms with van der Waals surface area (Å²) in [5, 5.41) is 0.587. The van der Waals surface area contributed by atoms with E-state index < -0.39 is 0 Å². The third-order valence-corrected chi connectivity index (χ3v) is 5.32. The second kappa shape index (κ2) is 5.09. The molecule has 4 heteroatoms. The molecule has 2 rings (SSSR count). The molecule has 1 atom stereocenters. The lowest BCUT2D eigenvalue weighted by Crippen LogP contribution is -1.89. The number of rotatable bonds is 2. The molecule has 84 valence electrons. The summed E-state index contributed by atoms with van der Waals surface area (Å²) in [6.07, 6.45) is 0. The van der Waals surface area contributed by atoms with E-state index in [9.17, 15) is 0 Å². The zero-order valence-electron chi connectivity index (χ0n) is 8.51. The summed E-state index contributed by atoms with van der Waals surface area (Å²) in [7, 11) is 0. The molecule has 0 N–H and O–H groups in total. The second-order valence-electron chi connectivity index (χ2n) is 3.52. The van der Waals surface area contributed by atoms with Gasteiger partial charge in [0.05, 0.1) is 9.16 Å². The smallest absolute Gasteiger partial charge is 0.0928 e. The van der Waals surface area contributed by atoms with Gasteiger partial charge in [-0.2, -0.15) is 0 Å². The van der Waals surface area contributed by atoms with E-state index in [1.165, 1.54) is 5.56 Å². The lowest BCUT2D eigenvalue weighted by atomic mass is 10.1. The summed E-state index contributed by atoms with van der Waals surface area (Å²) in [6.45, 7) is 2.06. The number of aryl methyl sites for hydroxylation is 1. The van der Waals surface area contributed by atoms with Gasteiger partial charge in [-0.05, 0) is 52.2 Å². The predicted octanol–water partition coefficient (Wildman–Crippen LogP) is 5.80. The topological polar surface area (TPSA) is 0 Å². The quantitative estimate of drug-likeness (QED) is 0.608. The van der Waals surface area contributed by atoms with E-state index in [2.05, 4.69) is 28.9 Å². The Hall–Kier alpha value is -0.0200. The maximum absolute atomic E-state index is 6.42. The number of hydrogen-bond acceptors (Lipinski definition) is 1. The Bertz CT molecular complexity index is 488. The molecule has 0 saturated carbocycles. The van der Waals surface area contributed by atoms with Gasteiger partial charge in [0.1, 0.15) is 0 Å². The van der Waals surface area contributed by atoms with Crippen LogP contribution in [0.15, 0.2) is 34.1 Å². The fourth-order valence-corrected chi connectivity index (χ4v) is 3.55. The van der Waals surface area contributed by atoms with Crippen molar-refractivity contribution in [2.24, 2.45) is 0 Å². The van der Waals surface area contributed by atoms with Crippen LogP contribution in [-0.4, -0.2) is 0 Å². The summed E-state index contributed by atoms with van der Waals surface area (Å²) >= 11 is 17.5. The third-order valence-electron chi connectivity index (χ3n) is 2.27. The number of alkyl halides is 1. The molecule has 0 amide bonds. The molecule has 0 aliphatic heterocycles. The molecule has 1 unspecified atom stereocenters. The fraction of sp³-hybridized carbons (Fsp3) is 0.167. The first-order valence-corrected chi connectivity index (χ1v) is 7.15. The molecule has 0 aliphatic carbocycles. The van der Waals surface area contributed by atoms with Crippen molar-refractivity contribution in [2.75, 3.05) is 0 Å². The molecule has 0 spiro atoms. The number of halogens is 3. The molecule has 0 saturated heterocycles. The molecular formula is C12H9BrCl2S. The highest BCUT2D eigenvalue weighted by Crippen LogP contribution is 2.38. The van der Waals surface area contributed by atoms with Crippen molar-refractivity contribution in [3.63, 3.8) is 0 Å². The van der Waals surface area contributed by atoms with Crippen LogP contribution in [0, 0.1) is 6.92 Å². The molecule has 0 radical (unpaired) electrons. The van der Waals surface area contributed by atoms with Crippen LogP contribution in [0.5, 0.6) is 0 Å². The van der Waals surface area contributed by atoms with Crippen molar-refractivity contribution in [2.45, 2.75) is 12.3 Å². The third kappa shape index (κ3) is 2.62. The van der Waals surface area contributed by atoms with Gasteiger partial charge in [0.2, 0.25) is 0 Å². The maximum atomic E-state index is 6.42. The highest BCUT2D eigenvalue weighted by atomic mass is 79.9. The largest absolute Gasteiger partial charge is 0.131 e. The summed E-state index contributed by atoms with van der Waals surface area (Å²) < 4.78 is 1.13. The van der Waals surface area contributed by atoms with Crippen LogP contribution in [0.4, 0.5) is 0 Å². The first-order valence-electron chi connectivity index (χ1n) is 4.73. The van der Waals surface area contributed by atoms with E-state index in [1.54, 1.807) is 11.3 Å². The van der Waals surface area contributed by atoms with E-state index in [4.69, 9.17) is 23.2 Å². The van der Waals surface area contributed by atoms with Gasteiger partial charge in [-0.25, -0.2) is 0 Å². The zero-order chi connectivity index (χ0) is 11.7.